The van der Waals surface area contributed by atoms with Crippen molar-refractivity contribution < 1.29 is 13.2 Å². The maximum absolute atomic E-state index is 12.8. The summed E-state index contributed by atoms with van der Waals surface area (Å²) >= 11 is 0. The van der Waals surface area contributed by atoms with Gasteiger partial charge in [0.2, 0.25) is 10.0 Å². The molecule has 0 saturated heterocycles. The van der Waals surface area contributed by atoms with Crippen molar-refractivity contribution in [2.24, 2.45) is 5.73 Å². The van der Waals surface area contributed by atoms with Crippen LogP contribution in [0, 0.1) is 0 Å². The minimum atomic E-state index is -3.52. The highest BCUT2D eigenvalue weighted by Crippen LogP contribution is 2.26. The Morgan fingerprint density at radius 1 is 1.38 bits per heavy atom. The van der Waals surface area contributed by atoms with Crippen LogP contribution in [0.1, 0.15) is 32.3 Å². The van der Waals surface area contributed by atoms with Gasteiger partial charge in [0.1, 0.15) is 5.75 Å². The minimum Gasteiger partial charge on any atom is -0.497 e. The zero-order valence-corrected chi connectivity index (χ0v) is 14.1. The van der Waals surface area contributed by atoms with E-state index < -0.39 is 10.0 Å². The number of hydrogen-bond donors (Lipinski definition) is 1. The van der Waals surface area contributed by atoms with E-state index in [0.29, 0.717) is 29.2 Å². The average molecular weight is 314 g/mol. The van der Waals surface area contributed by atoms with E-state index in [9.17, 15) is 8.42 Å². The summed E-state index contributed by atoms with van der Waals surface area (Å²) < 4.78 is 32.2. The lowest BCUT2D eigenvalue weighted by Gasteiger charge is -2.25. The number of hydrogen-bond acceptors (Lipinski definition) is 4. The van der Waals surface area contributed by atoms with Crippen molar-refractivity contribution in [1.29, 1.82) is 0 Å². The van der Waals surface area contributed by atoms with Crippen molar-refractivity contribution in [2.45, 2.75) is 44.0 Å². The number of ether oxygens (including phenoxy) is 1. The van der Waals surface area contributed by atoms with Crippen LogP contribution in [0.4, 0.5) is 0 Å². The number of benzene rings is 1. The molecule has 1 rings (SSSR count). The summed E-state index contributed by atoms with van der Waals surface area (Å²) in [5, 5.41) is 0. The molecule has 1 aromatic carbocycles. The highest BCUT2D eigenvalue weighted by atomic mass is 32.2. The van der Waals surface area contributed by atoms with Crippen LogP contribution in [0.15, 0.2) is 23.1 Å². The van der Waals surface area contributed by atoms with Gasteiger partial charge in [0.25, 0.3) is 0 Å². The van der Waals surface area contributed by atoms with Crippen LogP contribution < -0.4 is 10.5 Å². The van der Waals surface area contributed by atoms with Gasteiger partial charge in [0.15, 0.2) is 0 Å². The second kappa shape index (κ2) is 7.77. The Morgan fingerprint density at radius 2 is 2.05 bits per heavy atom. The molecule has 0 aliphatic carbocycles. The van der Waals surface area contributed by atoms with E-state index in [4.69, 9.17) is 10.5 Å². The molecule has 1 atom stereocenters. The van der Waals surface area contributed by atoms with E-state index in [-0.39, 0.29) is 6.04 Å². The normalized spacial score (nSPS) is 13.4. The number of rotatable bonds is 8. The number of methoxy groups -OCH3 is 1. The lowest BCUT2D eigenvalue weighted by Crippen LogP contribution is -2.35. The van der Waals surface area contributed by atoms with Crippen LogP contribution in [-0.4, -0.2) is 39.5 Å². The van der Waals surface area contributed by atoms with Crippen LogP contribution in [0.25, 0.3) is 0 Å². The molecule has 0 aliphatic heterocycles. The molecule has 5 nitrogen and oxygen atoms in total. The molecule has 1 aromatic rings. The second-order valence-corrected chi connectivity index (χ2v) is 7.14. The van der Waals surface area contributed by atoms with Crippen LogP contribution >= 0.6 is 0 Å². The Labute approximate surface area is 128 Å². The highest BCUT2D eigenvalue weighted by Gasteiger charge is 2.27. The van der Waals surface area contributed by atoms with Crippen LogP contribution in [0.3, 0.4) is 0 Å². The fourth-order valence-electron chi connectivity index (χ4n) is 2.28. The standard InChI is InChI=1S/C15H26N2O3S/c1-5-6-12(2)17(3)21(18,19)15-8-7-14(20-4)11-13(15)9-10-16/h7-8,11-12H,5-6,9-10,16H2,1-4H3. The van der Waals surface area contributed by atoms with Crippen molar-refractivity contribution in [3.8, 4) is 5.75 Å². The first-order valence-electron chi connectivity index (χ1n) is 7.23. The Morgan fingerprint density at radius 3 is 2.57 bits per heavy atom. The third-order valence-corrected chi connectivity index (χ3v) is 5.74. The van der Waals surface area contributed by atoms with E-state index in [2.05, 4.69) is 0 Å². The summed E-state index contributed by atoms with van der Waals surface area (Å²) in [6.45, 7) is 4.36. The Bertz CT molecular complexity index is 558. The molecule has 0 radical (unpaired) electrons. The Hall–Kier alpha value is -1.11. The van der Waals surface area contributed by atoms with Crippen molar-refractivity contribution in [3.05, 3.63) is 23.8 Å². The third kappa shape index (κ3) is 4.18. The van der Waals surface area contributed by atoms with Gasteiger partial charge in [-0.1, -0.05) is 13.3 Å². The first-order valence-corrected chi connectivity index (χ1v) is 8.67. The van der Waals surface area contributed by atoms with E-state index in [1.807, 2.05) is 13.8 Å². The molecule has 0 spiro atoms. The zero-order valence-electron chi connectivity index (χ0n) is 13.3. The van der Waals surface area contributed by atoms with Crippen LogP contribution in [0.5, 0.6) is 5.75 Å². The molecule has 1 unspecified atom stereocenters. The summed E-state index contributed by atoms with van der Waals surface area (Å²) in [6.07, 6.45) is 2.28. The summed E-state index contributed by atoms with van der Waals surface area (Å²) in [4.78, 5) is 0.319. The van der Waals surface area contributed by atoms with E-state index in [1.165, 1.54) is 4.31 Å². The molecule has 6 heteroatoms. The number of nitrogens with two attached hydrogens (primary N) is 1. The van der Waals surface area contributed by atoms with Gasteiger partial charge < -0.3 is 10.5 Å². The van der Waals surface area contributed by atoms with Gasteiger partial charge >= 0.3 is 0 Å². The predicted octanol–water partition coefficient (Wildman–Crippen LogP) is 2.01. The van der Waals surface area contributed by atoms with E-state index >= 15 is 0 Å². The van der Waals surface area contributed by atoms with Crippen LogP contribution in [0.2, 0.25) is 0 Å². The molecule has 0 heterocycles. The molecular weight excluding hydrogens is 288 g/mol. The van der Waals surface area contributed by atoms with Crippen molar-refractivity contribution in [3.63, 3.8) is 0 Å². The van der Waals surface area contributed by atoms with Gasteiger partial charge in [-0.15, -0.1) is 0 Å². The molecule has 0 bridgehead atoms. The first kappa shape index (κ1) is 17.9. The Kier molecular flexibility index (Phi) is 6.64. The lowest BCUT2D eigenvalue weighted by atomic mass is 10.1. The summed E-state index contributed by atoms with van der Waals surface area (Å²) in [5.41, 5.74) is 6.30. The van der Waals surface area contributed by atoms with Gasteiger partial charge in [0.05, 0.1) is 12.0 Å². The van der Waals surface area contributed by atoms with Crippen molar-refractivity contribution in [2.75, 3.05) is 20.7 Å². The van der Waals surface area contributed by atoms with Crippen molar-refractivity contribution in [1.82, 2.24) is 4.31 Å². The molecule has 2 N–H and O–H groups in total. The smallest absolute Gasteiger partial charge is 0.243 e. The summed E-state index contributed by atoms with van der Waals surface area (Å²) in [7, 11) is -0.324. The minimum absolute atomic E-state index is 0.0344. The number of nitrogens with zero attached hydrogens (tertiary/aromatic N) is 1. The molecule has 0 fully saturated rings. The monoisotopic (exact) mass is 314 g/mol. The SMILES string of the molecule is CCCC(C)N(C)S(=O)(=O)c1ccc(OC)cc1CCN. The fourth-order valence-corrected chi connectivity index (χ4v) is 3.90. The first-order chi connectivity index (χ1) is 9.88. The van der Waals surface area contributed by atoms with E-state index in [0.717, 1.165) is 12.8 Å². The molecule has 21 heavy (non-hydrogen) atoms. The highest BCUT2D eigenvalue weighted by molar-refractivity contribution is 7.89. The summed E-state index contributed by atoms with van der Waals surface area (Å²) in [6, 6.07) is 4.99. The largest absolute Gasteiger partial charge is 0.497 e. The maximum atomic E-state index is 12.8. The Balaban J connectivity index is 3.23. The quantitative estimate of drug-likeness (QED) is 0.796. The molecular formula is C15H26N2O3S. The zero-order chi connectivity index (χ0) is 16.0. The van der Waals surface area contributed by atoms with Gasteiger partial charge in [0, 0.05) is 13.1 Å². The summed E-state index contributed by atoms with van der Waals surface area (Å²) in [5.74, 6) is 0.640. The molecule has 120 valence electrons. The molecule has 0 aliphatic rings. The molecule has 0 amide bonds. The third-order valence-electron chi connectivity index (χ3n) is 3.67. The predicted molar refractivity (Wildman–Crippen MR) is 85.1 cm³/mol. The van der Waals surface area contributed by atoms with Gasteiger partial charge in [-0.2, -0.15) is 4.31 Å². The molecule has 0 aromatic heterocycles. The number of sulfonamides is 1. The van der Waals surface area contributed by atoms with Gasteiger partial charge in [-0.3, -0.25) is 0 Å². The molecule has 0 saturated carbocycles. The topological polar surface area (TPSA) is 72.6 Å². The second-order valence-electron chi connectivity index (χ2n) is 5.17. The van der Waals surface area contributed by atoms with Gasteiger partial charge in [-0.25, -0.2) is 8.42 Å². The van der Waals surface area contributed by atoms with Crippen LogP contribution in [-0.2, 0) is 16.4 Å². The van der Waals surface area contributed by atoms with E-state index in [1.54, 1.807) is 32.4 Å². The average Bonchev–Trinajstić information content (AvgIpc) is 2.46. The van der Waals surface area contributed by atoms with Crippen molar-refractivity contribution >= 4 is 10.0 Å². The van der Waals surface area contributed by atoms with Gasteiger partial charge in [-0.05, 0) is 50.1 Å². The maximum Gasteiger partial charge on any atom is 0.243 e. The lowest BCUT2D eigenvalue weighted by molar-refractivity contribution is 0.368. The fraction of sp³-hybridized carbons (Fsp3) is 0.600.